The Balaban J connectivity index is 2.90. The van der Waals surface area contributed by atoms with E-state index in [0.717, 1.165) is 6.42 Å². The fraction of sp³-hybridized carbons (Fsp3) is 0.909. The predicted molar refractivity (Wildman–Crippen MR) is 61.4 cm³/mol. The molecular formula is C11H20F3N3. The van der Waals surface area contributed by atoms with Crippen molar-refractivity contribution in [3.63, 3.8) is 0 Å². The number of halogens is 3. The van der Waals surface area contributed by atoms with E-state index in [9.17, 15) is 13.2 Å². The molecule has 2 atom stereocenters. The maximum Gasteiger partial charge on any atom is 0.392 e. The van der Waals surface area contributed by atoms with Crippen molar-refractivity contribution in [3.05, 3.63) is 0 Å². The molecule has 17 heavy (non-hydrogen) atoms. The number of nitrogens with one attached hydrogen (secondary N) is 1. The molecule has 0 saturated heterocycles. The molecule has 0 heterocycles. The summed E-state index contributed by atoms with van der Waals surface area (Å²) in [5.74, 6) is 3.67. The topological polar surface area (TPSA) is 50.4 Å². The molecule has 1 aliphatic rings. The van der Waals surface area contributed by atoms with E-state index in [-0.39, 0.29) is 12.5 Å². The minimum Gasteiger partial charge on any atom is -0.312 e. The van der Waals surface area contributed by atoms with Gasteiger partial charge in [0.2, 0.25) is 0 Å². The zero-order valence-corrected chi connectivity index (χ0v) is 10.2. The molecule has 0 aliphatic heterocycles. The van der Waals surface area contributed by atoms with Crippen LogP contribution >= 0.6 is 0 Å². The normalized spacial score (nSPS) is 27.4. The first-order chi connectivity index (χ1) is 7.86. The summed E-state index contributed by atoms with van der Waals surface area (Å²) in [5.41, 5.74) is 2.36. The molecule has 1 rings (SSSR count). The SMILES string of the molecule is CC(C)N=C(NN)C1CCCCC1C(F)(F)F. The maximum atomic E-state index is 12.9. The quantitative estimate of drug-likeness (QED) is 0.343. The average Bonchev–Trinajstić information content (AvgIpc) is 2.24. The smallest absolute Gasteiger partial charge is 0.312 e. The number of hydrogen-bond acceptors (Lipinski definition) is 2. The van der Waals surface area contributed by atoms with E-state index in [1.54, 1.807) is 0 Å². The predicted octanol–water partition coefficient (Wildman–Crippen LogP) is 2.63. The van der Waals surface area contributed by atoms with Crippen molar-refractivity contribution in [2.45, 2.75) is 51.7 Å². The number of hydrazine groups is 1. The van der Waals surface area contributed by atoms with Crippen molar-refractivity contribution in [1.82, 2.24) is 5.43 Å². The van der Waals surface area contributed by atoms with Crippen LogP contribution in [0.3, 0.4) is 0 Å². The summed E-state index contributed by atoms with van der Waals surface area (Å²) in [6.07, 6.45) is -2.07. The lowest BCUT2D eigenvalue weighted by atomic mass is 9.78. The van der Waals surface area contributed by atoms with Crippen molar-refractivity contribution >= 4 is 5.84 Å². The van der Waals surface area contributed by atoms with E-state index in [4.69, 9.17) is 5.84 Å². The van der Waals surface area contributed by atoms with Crippen molar-refractivity contribution in [3.8, 4) is 0 Å². The number of aliphatic imine (C=N–C) groups is 1. The van der Waals surface area contributed by atoms with Crippen LogP contribution in [0, 0.1) is 11.8 Å². The van der Waals surface area contributed by atoms with E-state index >= 15 is 0 Å². The number of nitrogens with zero attached hydrogens (tertiary/aromatic N) is 1. The molecule has 0 bridgehead atoms. The molecule has 1 fully saturated rings. The van der Waals surface area contributed by atoms with Gasteiger partial charge in [0.1, 0.15) is 5.84 Å². The number of rotatable bonds is 2. The Labute approximate surface area is 99.6 Å². The van der Waals surface area contributed by atoms with E-state index in [1.807, 2.05) is 13.8 Å². The Kier molecular flexibility index (Phi) is 4.80. The van der Waals surface area contributed by atoms with Crippen LogP contribution in [-0.2, 0) is 0 Å². The lowest BCUT2D eigenvalue weighted by Gasteiger charge is -2.33. The molecule has 0 aromatic heterocycles. The molecule has 0 aromatic carbocycles. The summed E-state index contributed by atoms with van der Waals surface area (Å²) in [6.45, 7) is 3.64. The van der Waals surface area contributed by atoms with Crippen LogP contribution in [0.4, 0.5) is 13.2 Å². The second kappa shape index (κ2) is 5.71. The van der Waals surface area contributed by atoms with Gasteiger partial charge in [-0.3, -0.25) is 4.99 Å². The van der Waals surface area contributed by atoms with E-state index in [2.05, 4.69) is 10.4 Å². The molecule has 6 heteroatoms. The van der Waals surface area contributed by atoms with E-state index in [1.165, 1.54) is 0 Å². The lowest BCUT2D eigenvalue weighted by molar-refractivity contribution is -0.189. The zero-order valence-electron chi connectivity index (χ0n) is 10.2. The fourth-order valence-corrected chi connectivity index (χ4v) is 2.37. The summed E-state index contributed by atoms with van der Waals surface area (Å²) in [5, 5.41) is 0. The van der Waals surface area contributed by atoms with Crippen LogP contribution in [0.1, 0.15) is 39.5 Å². The van der Waals surface area contributed by atoms with Crippen molar-refractivity contribution < 1.29 is 13.2 Å². The standard InChI is InChI=1S/C11H20F3N3/c1-7(2)16-10(17-15)8-5-3-4-6-9(8)11(12,13)14/h7-9H,3-6,15H2,1-2H3,(H,16,17). The highest BCUT2D eigenvalue weighted by Gasteiger charge is 2.47. The molecular weight excluding hydrogens is 231 g/mol. The largest absolute Gasteiger partial charge is 0.392 e. The summed E-state index contributed by atoms with van der Waals surface area (Å²) in [7, 11) is 0. The summed E-state index contributed by atoms with van der Waals surface area (Å²) >= 11 is 0. The van der Waals surface area contributed by atoms with Gasteiger partial charge in [-0.05, 0) is 26.7 Å². The van der Waals surface area contributed by atoms with Crippen molar-refractivity contribution in [1.29, 1.82) is 0 Å². The molecule has 3 N–H and O–H groups in total. The second-order valence-corrected chi connectivity index (χ2v) is 4.79. The van der Waals surface area contributed by atoms with Crippen molar-refractivity contribution in [2.24, 2.45) is 22.7 Å². The molecule has 2 unspecified atom stereocenters. The Bertz CT molecular complexity index is 274. The summed E-state index contributed by atoms with van der Waals surface area (Å²) < 4.78 is 38.7. The van der Waals surface area contributed by atoms with Gasteiger partial charge in [0.15, 0.2) is 0 Å². The second-order valence-electron chi connectivity index (χ2n) is 4.79. The van der Waals surface area contributed by atoms with Crippen molar-refractivity contribution in [2.75, 3.05) is 0 Å². The van der Waals surface area contributed by atoms with E-state index < -0.39 is 18.0 Å². The monoisotopic (exact) mass is 251 g/mol. The number of amidine groups is 1. The van der Waals surface area contributed by atoms with Gasteiger partial charge in [-0.25, -0.2) is 5.84 Å². The summed E-state index contributed by atoms with van der Waals surface area (Å²) in [4.78, 5) is 4.16. The van der Waals surface area contributed by atoms with Crippen LogP contribution in [-0.4, -0.2) is 18.1 Å². The van der Waals surface area contributed by atoms with E-state index in [0.29, 0.717) is 18.7 Å². The van der Waals surface area contributed by atoms with Gasteiger partial charge in [0.25, 0.3) is 0 Å². The Morgan fingerprint density at radius 2 is 1.88 bits per heavy atom. The van der Waals surface area contributed by atoms with Gasteiger partial charge in [-0.2, -0.15) is 13.2 Å². The number of alkyl halides is 3. The van der Waals surface area contributed by atoms with Crippen LogP contribution in [0.25, 0.3) is 0 Å². The lowest BCUT2D eigenvalue weighted by Crippen LogP contribution is -2.45. The minimum atomic E-state index is -4.17. The van der Waals surface area contributed by atoms with Crippen LogP contribution < -0.4 is 11.3 Å². The van der Waals surface area contributed by atoms with Gasteiger partial charge in [-0.1, -0.05) is 12.8 Å². The van der Waals surface area contributed by atoms with Crippen LogP contribution in [0.2, 0.25) is 0 Å². The van der Waals surface area contributed by atoms with Gasteiger partial charge >= 0.3 is 6.18 Å². The molecule has 0 radical (unpaired) electrons. The molecule has 100 valence electrons. The molecule has 0 aromatic rings. The van der Waals surface area contributed by atoms with Crippen LogP contribution in [0.15, 0.2) is 4.99 Å². The Hall–Kier alpha value is -0.780. The summed E-state index contributed by atoms with van der Waals surface area (Å²) in [6, 6.07) is -0.0585. The van der Waals surface area contributed by atoms with Gasteiger partial charge in [0.05, 0.1) is 5.92 Å². The third-order valence-corrected chi connectivity index (χ3v) is 3.08. The van der Waals surface area contributed by atoms with Gasteiger partial charge in [0, 0.05) is 12.0 Å². The maximum absolute atomic E-state index is 12.9. The molecule has 0 amide bonds. The number of hydrogen-bond donors (Lipinski definition) is 2. The molecule has 1 saturated carbocycles. The number of nitrogens with two attached hydrogens (primary N) is 1. The van der Waals surface area contributed by atoms with Gasteiger partial charge < -0.3 is 5.43 Å². The average molecular weight is 251 g/mol. The molecule has 0 spiro atoms. The zero-order chi connectivity index (χ0) is 13.1. The third kappa shape index (κ3) is 3.87. The highest BCUT2D eigenvalue weighted by Crippen LogP contribution is 2.41. The Morgan fingerprint density at radius 3 is 2.35 bits per heavy atom. The van der Waals surface area contributed by atoms with Crippen LogP contribution in [0.5, 0.6) is 0 Å². The third-order valence-electron chi connectivity index (χ3n) is 3.08. The Morgan fingerprint density at radius 1 is 1.29 bits per heavy atom. The first-order valence-electron chi connectivity index (χ1n) is 5.97. The molecule has 3 nitrogen and oxygen atoms in total. The highest BCUT2D eigenvalue weighted by atomic mass is 19.4. The molecule has 1 aliphatic carbocycles. The first kappa shape index (κ1) is 14.3. The minimum absolute atomic E-state index is 0.0585. The van der Waals surface area contributed by atoms with Gasteiger partial charge in [-0.15, -0.1) is 0 Å². The first-order valence-corrected chi connectivity index (χ1v) is 5.97. The highest BCUT2D eigenvalue weighted by molar-refractivity contribution is 5.84. The fourth-order valence-electron chi connectivity index (χ4n) is 2.37.